The van der Waals surface area contributed by atoms with Gasteiger partial charge in [-0.15, -0.1) is 0 Å². The second kappa shape index (κ2) is 5.23. The van der Waals surface area contributed by atoms with Gasteiger partial charge in [0, 0.05) is 24.7 Å². The number of likely N-dealkylation sites (tertiary alicyclic amines) is 1. The first kappa shape index (κ1) is 14.0. The Hall–Kier alpha value is -0.620. The molecule has 2 atom stereocenters. The van der Waals surface area contributed by atoms with E-state index in [1.807, 2.05) is 0 Å². The minimum Gasteiger partial charge on any atom is -0.378 e. The molecule has 1 saturated carbocycles. The summed E-state index contributed by atoms with van der Waals surface area (Å²) in [7, 11) is 0. The Morgan fingerprint density at radius 3 is 2.76 bits per heavy atom. The highest BCUT2D eigenvalue weighted by Gasteiger charge is 2.39. The van der Waals surface area contributed by atoms with Gasteiger partial charge in [0.15, 0.2) is 0 Å². The minimum atomic E-state index is 0.407. The van der Waals surface area contributed by atoms with Gasteiger partial charge >= 0.3 is 0 Å². The first-order chi connectivity index (χ1) is 10.1. The van der Waals surface area contributed by atoms with Crippen molar-refractivity contribution in [3.05, 3.63) is 16.1 Å². The molecule has 1 saturated heterocycles. The lowest BCUT2D eigenvalue weighted by molar-refractivity contribution is 0.257. The SMILES string of the molecule is CC1CC(Nc2c(Cl)cc(Cl)c3c2N=S=N3)CN1C1CC1. The zero-order valence-electron chi connectivity index (χ0n) is 11.6. The van der Waals surface area contributed by atoms with Gasteiger partial charge in [-0.05, 0) is 32.3 Å². The first-order valence-corrected chi connectivity index (χ1v) is 8.74. The summed E-state index contributed by atoms with van der Waals surface area (Å²) in [6, 6.07) is 3.59. The predicted octanol–water partition coefficient (Wildman–Crippen LogP) is 4.76. The van der Waals surface area contributed by atoms with E-state index in [4.69, 9.17) is 23.2 Å². The summed E-state index contributed by atoms with van der Waals surface area (Å²) >= 11 is 13.7. The van der Waals surface area contributed by atoms with Gasteiger partial charge in [-0.25, -0.2) is 0 Å². The highest BCUT2D eigenvalue weighted by Crippen LogP contribution is 2.48. The molecule has 2 fully saturated rings. The number of hydrogen-bond donors (Lipinski definition) is 1. The fourth-order valence-electron chi connectivity index (χ4n) is 3.29. The molecule has 1 aromatic carbocycles. The van der Waals surface area contributed by atoms with Crippen LogP contribution in [0, 0.1) is 0 Å². The standard InChI is InChI=1S/C14H16Cl2N4S/c1-7-4-8(6-20(7)9-2-3-9)17-12-10(15)5-11(16)13-14(12)19-21-18-13/h5,7-9,17H,2-4,6H2,1H3. The third-order valence-electron chi connectivity index (χ3n) is 4.43. The molecule has 2 unspecified atom stereocenters. The molecule has 0 aromatic heterocycles. The second-order valence-electron chi connectivity index (χ2n) is 6.03. The lowest BCUT2D eigenvalue weighted by atomic mass is 10.1. The van der Waals surface area contributed by atoms with Gasteiger partial charge < -0.3 is 5.32 Å². The Balaban J connectivity index is 1.58. The van der Waals surface area contributed by atoms with Gasteiger partial charge in [-0.3, -0.25) is 4.90 Å². The Labute approximate surface area is 137 Å². The van der Waals surface area contributed by atoms with Gasteiger partial charge in [0.05, 0.1) is 27.1 Å². The van der Waals surface area contributed by atoms with Crippen LogP contribution in [0.3, 0.4) is 0 Å². The van der Waals surface area contributed by atoms with Crippen LogP contribution in [0.1, 0.15) is 26.2 Å². The van der Waals surface area contributed by atoms with E-state index >= 15 is 0 Å². The van der Waals surface area contributed by atoms with Gasteiger partial charge in [-0.2, -0.15) is 8.73 Å². The number of rotatable bonds is 3. The number of anilines is 1. The van der Waals surface area contributed by atoms with Gasteiger partial charge in [-0.1, -0.05) is 23.2 Å². The normalized spacial score (nSPS) is 27.8. The van der Waals surface area contributed by atoms with E-state index in [1.165, 1.54) is 24.2 Å². The van der Waals surface area contributed by atoms with Crippen molar-refractivity contribution < 1.29 is 0 Å². The van der Waals surface area contributed by atoms with Crippen LogP contribution in [0.5, 0.6) is 0 Å². The quantitative estimate of drug-likeness (QED) is 0.873. The summed E-state index contributed by atoms with van der Waals surface area (Å²) in [6.45, 7) is 3.38. The molecule has 1 N–H and O–H groups in total. The molecule has 0 radical (unpaired) electrons. The van der Waals surface area contributed by atoms with E-state index in [1.54, 1.807) is 6.07 Å². The fraction of sp³-hybridized carbons (Fsp3) is 0.571. The molecule has 1 aromatic rings. The molecule has 4 nitrogen and oxygen atoms in total. The van der Waals surface area contributed by atoms with Crippen LogP contribution >= 0.6 is 23.2 Å². The minimum absolute atomic E-state index is 0.407. The molecule has 0 amide bonds. The third-order valence-corrected chi connectivity index (χ3v) is 5.55. The van der Waals surface area contributed by atoms with E-state index < -0.39 is 0 Å². The molecular weight excluding hydrogens is 327 g/mol. The van der Waals surface area contributed by atoms with Crippen LogP contribution in [-0.4, -0.2) is 29.6 Å². The summed E-state index contributed by atoms with van der Waals surface area (Å²) in [4.78, 5) is 2.61. The van der Waals surface area contributed by atoms with E-state index in [0.29, 0.717) is 22.1 Å². The zero-order chi connectivity index (χ0) is 14.6. The van der Waals surface area contributed by atoms with E-state index in [2.05, 4.69) is 25.9 Å². The van der Waals surface area contributed by atoms with Crippen LogP contribution in [0.2, 0.25) is 10.0 Å². The number of halogens is 2. The molecule has 1 aliphatic carbocycles. The van der Waals surface area contributed by atoms with Crippen LogP contribution in [0.25, 0.3) is 0 Å². The van der Waals surface area contributed by atoms with Crippen LogP contribution in [-0.2, 0) is 11.4 Å². The lowest BCUT2D eigenvalue weighted by Gasteiger charge is -2.20. The first-order valence-electron chi connectivity index (χ1n) is 7.26. The number of fused-ring (bicyclic) bond motifs is 1. The maximum Gasteiger partial charge on any atom is 0.130 e. The number of nitrogens with one attached hydrogen (secondary N) is 1. The lowest BCUT2D eigenvalue weighted by Crippen LogP contribution is -2.31. The largest absolute Gasteiger partial charge is 0.378 e. The Kier molecular flexibility index (Phi) is 3.49. The van der Waals surface area contributed by atoms with E-state index in [-0.39, 0.29) is 0 Å². The monoisotopic (exact) mass is 342 g/mol. The Bertz CT molecular complexity index is 667. The summed E-state index contributed by atoms with van der Waals surface area (Å²) in [5.74, 6) is 0. The van der Waals surface area contributed by atoms with Crippen LogP contribution < -0.4 is 5.32 Å². The molecular formula is C14H16Cl2N4S. The second-order valence-corrected chi connectivity index (χ2v) is 7.37. The van der Waals surface area contributed by atoms with Gasteiger partial charge in [0.2, 0.25) is 0 Å². The molecule has 0 spiro atoms. The smallest absolute Gasteiger partial charge is 0.130 e. The van der Waals surface area contributed by atoms with Crippen molar-refractivity contribution >= 4 is 51.6 Å². The number of benzene rings is 1. The van der Waals surface area contributed by atoms with E-state index in [9.17, 15) is 0 Å². The molecule has 3 aliphatic rings. The number of hydrogen-bond acceptors (Lipinski definition) is 4. The molecule has 2 heterocycles. The molecule has 0 bridgehead atoms. The molecule has 4 rings (SSSR count). The van der Waals surface area contributed by atoms with Crippen molar-refractivity contribution in [2.45, 2.75) is 44.3 Å². The van der Waals surface area contributed by atoms with Crippen molar-refractivity contribution in [3.63, 3.8) is 0 Å². The average molecular weight is 343 g/mol. The maximum absolute atomic E-state index is 6.37. The van der Waals surface area contributed by atoms with Gasteiger partial charge in [0.25, 0.3) is 0 Å². The molecule has 112 valence electrons. The fourth-order valence-corrected chi connectivity index (χ4v) is 4.46. The summed E-state index contributed by atoms with van der Waals surface area (Å²) in [5.41, 5.74) is 2.40. The third kappa shape index (κ3) is 2.50. The summed E-state index contributed by atoms with van der Waals surface area (Å²) in [5, 5.41) is 4.77. The van der Waals surface area contributed by atoms with Crippen molar-refractivity contribution in [1.82, 2.24) is 4.90 Å². The van der Waals surface area contributed by atoms with E-state index in [0.717, 1.165) is 36.1 Å². The Morgan fingerprint density at radius 2 is 2.00 bits per heavy atom. The predicted molar refractivity (Wildman–Crippen MR) is 89.2 cm³/mol. The van der Waals surface area contributed by atoms with Gasteiger partial charge in [0.1, 0.15) is 11.4 Å². The van der Waals surface area contributed by atoms with Crippen LogP contribution in [0.4, 0.5) is 17.1 Å². The topological polar surface area (TPSA) is 40.0 Å². The van der Waals surface area contributed by atoms with Crippen LogP contribution in [0.15, 0.2) is 14.8 Å². The molecule has 7 heteroatoms. The zero-order valence-corrected chi connectivity index (χ0v) is 14.0. The highest BCUT2D eigenvalue weighted by atomic mass is 35.5. The maximum atomic E-state index is 6.37. The summed E-state index contributed by atoms with van der Waals surface area (Å²) < 4.78 is 8.61. The summed E-state index contributed by atoms with van der Waals surface area (Å²) in [6.07, 6.45) is 3.83. The highest BCUT2D eigenvalue weighted by molar-refractivity contribution is 7.58. The average Bonchev–Trinajstić information content (AvgIpc) is 3.03. The van der Waals surface area contributed by atoms with Crippen molar-refractivity contribution in [2.24, 2.45) is 8.73 Å². The van der Waals surface area contributed by atoms with Crippen molar-refractivity contribution in [1.29, 1.82) is 0 Å². The molecule has 2 aliphatic heterocycles. The number of nitrogens with zero attached hydrogens (tertiary/aromatic N) is 3. The Morgan fingerprint density at radius 1 is 1.24 bits per heavy atom. The van der Waals surface area contributed by atoms with Crippen molar-refractivity contribution in [2.75, 3.05) is 11.9 Å². The van der Waals surface area contributed by atoms with Crippen molar-refractivity contribution in [3.8, 4) is 0 Å². The molecule has 21 heavy (non-hydrogen) atoms.